The first kappa shape index (κ1) is 20.0. The Labute approximate surface area is 168 Å². The normalized spacial score (nSPS) is 10.3. The van der Waals surface area contributed by atoms with Crippen LogP contribution >= 0.6 is 0 Å². The van der Waals surface area contributed by atoms with Crippen LogP contribution in [0.15, 0.2) is 71.7 Å². The Morgan fingerprint density at radius 2 is 1.90 bits per heavy atom. The van der Waals surface area contributed by atoms with Crippen LogP contribution in [0.4, 0.5) is 5.69 Å². The number of amides is 1. The zero-order valence-corrected chi connectivity index (χ0v) is 16.3. The lowest BCUT2D eigenvalue weighted by Gasteiger charge is -2.12. The Kier molecular flexibility index (Phi) is 6.52. The van der Waals surface area contributed by atoms with E-state index in [2.05, 4.69) is 5.32 Å². The maximum atomic E-state index is 12.7. The first-order chi connectivity index (χ1) is 14.1. The lowest BCUT2D eigenvalue weighted by atomic mass is 10.2. The molecule has 0 aliphatic carbocycles. The molecule has 2 aromatic carbocycles. The molecule has 150 valence electrons. The third kappa shape index (κ3) is 4.95. The minimum absolute atomic E-state index is 0.0376. The summed E-state index contributed by atoms with van der Waals surface area (Å²) in [7, 11) is 1.58. The molecule has 0 aliphatic heterocycles. The van der Waals surface area contributed by atoms with Crippen LogP contribution in [0.3, 0.4) is 0 Å². The standard InChI is InChI=1S/C22H22N2O5/c1-3-28-20-12-5-4-11-19(20)23-21(25)18-10-7-13-24(22(18)26)29-15-16-8-6-9-17(14-16)27-2/h4-14H,3,15H2,1-2H3,(H,23,25). The number of nitrogens with zero attached hydrogens (tertiary/aromatic N) is 1. The third-order valence-corrected chi connectivity index (χ3v) is 4.10. The third-order valence-electron chi connectivity index (χ3n) is 4.10. The molecule has 7 heteroatoms. The van der Waals surface area contributed by atoms with Gasteiger partial charge in [-0.3, -0.25) is 9.59 Å². The van der Waals surface area contributed by atoms with Gasteiger partial charge in [-0.25, -0.2) is 0 Å². The van der Waals surface area contributed by atoms with Gasteiger partial charge in [0.25, 0.3) is 11.5 Å². The highest BCUT2D eigenvalue weighted by atomic mass is 16.7. The van der Waals surface area contributed by atoms with Crippen molar-refractivity contribution in [2.24, 2.45) is 0 Å². The highest BCUT2D eigenvalue weighted by Crippen LogP contribution is 2.24. The number of carbonyl (C=O) groups excluding carboxylic acids is 1. The Bertz CT molecular complexity index is 1050. The largest absolute Gasteiger partial charge is 0.497 e. The van der Waals surface area contributed by atoms with E-state index < -0.39 is 11.5 Å². The number of hydrogen-bond acceptors (Lipinski definition) is 5. The lowest BCUT2D eigenvalue weighted by Crippen LogP contribution is -2.32. The van der Waals surface area contributed by atoms with Gasteiger partial charge in [0.2, 0.25) is 0 Å². The summed E-state index contributed by atoms with van der Waals surface area (Å²) in [4.78, 5) is 30.9. The molecule has 0 aliphatic rings. The van der Waals surface area contributed by atoms with Gasteiger partial charge in [-0.05, 0) is 48.9 Å². The quantitative estimate of drug-likeness (QED) is 0.635. The van der Waals surface area contributed by atoms with Gasteiger partial charge in [0.05, 0.1) is 19.4 Å². The van der Waals surface area contributed by atoms with Crippen molar-refractivity contribution in [3.63, 3.8) is 0 Å². The maximum absolute atomic E-state index is 12.7. The smallest absolute Gasteiger partial charge is 0.295 e. The number of anilines is 1. The van der Waals surface area contributed by atoms with Crippen molar-refractivity contribution in [1.29, 1.82) is 0 Å². The number of benzene rings is 2. The first-order valence-corrected chi connectivity index (χ1v) is 9.13. The number of nitrogens with one attached hydrogen (secondary N) is 1. The molecule has 0 fully saturated rings. The van der Waals surface area contributed by atoms with Gasteiger partial charge in [-0.2, -0.15) is 4.73 Å². The van der Waals surface area contributed by atoms with Crippen LogP contribution < -0.4 is 25.2 Å². The van der Waals surface area contributed by atoms with Gasteiger partial charge in [0.1, 0.15) is 23.7 Å². The number of rotatable bonds is 8. The molecule has 0 spiro atoms. The van der Waals surface area contributed by atoms with Crippen LogP contribution in [0.1, 0.15) is 22.8 Å². The van der Waals surface area contributed by atoms with Gasteiger partial charge in [-0.15, -0.1) is 0 Å². The monoisotopic (exact) mass is 394 g/mol. The van der Waals surface area contributed by atoms with E-state index >= 15 is 0 Å². The minimum atomic E-state index is -0.554. The molecule has 3 rings (SSSR count). The Hall–Kier alpha value is -3.74. The fourth-order valence-electron chi connectivity index (χ4n) is 2.70. The molecule has 1 aromatic heterocycles. The van der Waals surface area contributed by atoms with Gasteiger partial charge < -0.3 is 19.6 Å². The molecule has 1 heterocycles. The number of ether oxygens (including phenoxy) is 2. The SMILES string of the molecule is CCOc1ccccc1NC(=O)c1cccn(OCc2cccc(OC)c2)c1=O. The summed E-state index contributed by atoms with van der Waals surface area (Å²) in [5.74, 6) is 0.690. The molecule has 7 nitrogen and oxygen atoms in total. The highest BCUT2D eigenvalue weighted by molar-refractivity contribution is 6.04. The molecule has 1 N–H and O–H groups in total. The number of aromatic nitrogens is 1. The van der Waals surface area contributed by atoms with Crippen molar-refractivity contribution in [1.82, 2.24) is 4.73 Å². The van der Waals surface area contributed by atoms with Crippen LogP contribution in [0.2, 0.25) is 0 Å². The average Bonchev–Trinajstić information content (AvgIpc) is 2.74. The number of carbonyl (C=O) groups is 1. The summed E-state index contributed by atoms with van der Waals surface area (Å²) >= 11 is 0. The van der Waals surface area contributed by atoms with Crippen LogP contribution in [0, 0.1) is 0 Å². The van der Waals surface area contributed by atoms with E-state index in [-0.39, 0.29) is 12.2 Å². The van der Waals surface area contributed by atoms with E-state index in [1.54, 1.807) is 31.4 Å². The molecule has 3 aromatic rings. The summed E-state index contributed by atoms with van der Waals surface area (Å²) < 4.78 is 11.7. The first-order valence-electron chi connectivity index (χ1n) is 9.13. The average molecular weight is 394 g/mol. The Morgan fingerprint density at radius 1 is 1.07 bits per heavy atom. The van der Waals surface area contributed by atoms with E-state index in [1.165, 1.54) is 12.3 Å². The van der Waals surface area contributed by atoms with E-state index in [1.807, 2.05) is 37.3 Å². The van der Waals surface area contributed by atoms with Crippen molar-refractivity contribution in [3.8, 4) is 11.5 Å². The van der Waals surface area contributed by atoms with E-state index in [0.29, 0.717) is 23.8 Å². The predicted molar refractivity (Wildman–Crippen MR) is 110 cm³/mol. The van der Waals surface area contributed by atoms with Gasteiger partial charge in [0.15, 0.2) is 0 Å². The predicted octanol–water partition coefficient (Wildman–Crippen LogP) is 3.14. The summed E-state index contributed by atoms with van der Waals surface area (Å²) in [6.07, 6.45) is 1.47. The fraction of sp³-hybridized carbons (Fsp3) is 0.182. The molecule has 1 amide bonds. The Morgan fingerprint density at radius 3 is 2.69 bits per heavy atom. The van der Waals surface area contributed by atoms with E-state index in [9.17, 15) is 9.59 Å². The highest BCUT2D eigenvalue weighted by Gasteiger charge is 2.15. The number of para-hydroxylation sites is 2. The molecular formula is C22H22N2O5. The molecule has 0 saturated heterocycles. The number of hydrogen-bond donors (Lipinski definition) is 1. The van der Waals surface area contributed by atoms with Gasteiger partial charge in [-0.1, -0.05) is 24.3 Å². The van der Waals surface area contributed by atoms with Crippen molar-refractivity contribution in [3.05, 3.63) is 88.3 Å². The molecular weight excluding hydrogens is 372 g/mol. The number of pyridine rings is 1. The molecule has 29 heavy (non-hydrogen) atoms. The summed E-state index contributed by atoms with van der Waals surface area (Å²) in [6, 6.07) is 17.4. The minimum Gasteiger partial charge on any atom is -0.497 e. The van der Waals surface area contributed by atoms with E-state index in [4.69, 9.17) is 14.3 Å². The van der Waals surface area contributed by atoms with Crippen LogP contribution in [0.25, 0.3) is 0 Å². The zero-order chi connectivity index (χ0) is 20.6. The van der Waals surface area contributed by atoms with Gasteiger partial charge in [0, 0.05) is 6.20 Å². The maximum Gasteiger partial charge on any atom is 0.295 e. The second-order valence-electron chi connectivity index (χ2n) is 6.06. The molecule has 0 radical (unpaired) electrons. The fourth-order valence-corrected chi connectivity index (χ4v) is 2.70. The topological polar surface area (TPSA) is 78.8 Å². The Balaban J connectivity index is 1.76. The molecule has 0 unspecified atom stereocenters. The van der Waals surface area contributed by atoms with Crippen molar-refractivity contribution >= 4 is 11.6 Å². The van der Waals surface area contributed by atoms with Crippen molar-refractivity contribution in [2.45, 2.75) is 13.5 Å². The van der Waals surface area contributed by atoms with E-state index in [0.717, 1.165) is 10.3 Å². The second-order valence-corrected chi connectivity index (χ2v) is 6.06. The van der Waals surface area contributed by atoms with Crippen LogP contribution in [-0.4, -0.2) is 24.4 Å². The number of methoxy groups -OCH3 is 1. The summed E-state index contributed by atoms with van der Waals surface area (Å²) in [6.45, 7) is 2.46. The lowest BCUT2D eigenvalue weighted by molar-refractivity contribution is 0.0862. The molecule has 0 bridgehead atoms. The summed E-state index contributed by atoms with van der Waals surface area (Å²) in [5, 5.41) is 2.72. The van der Waals surface area contributed by atoms with Crippen molar-refractivity contribution < 1.29 is 19.1 Å². The van der Waals surface area contributed by atoms with Gasteiger partial charge >= 0.3 is 0 Å². The second kappa shape index (κ2) is 9.45. The zero-order valence-electron chi connectivity index (χ0n) is 16.3. The molecule has 0 atom stereocenters. The van der Waals surface area contributed by atoms with Crippen molar-refractivity contribution in [2.75, 3.05) is 19.0 Å². The van der Waals surface area contributed by atoms with Crippen LogP contribution in [0.5, 0.6) is 11.5 Å². The van der Waals surface area contributed by atoms with Crippen LogP contribution in [-0.2, 0) is 6.61 Å². The molecule has 0 saturated carbocycles. The summed E-state index contributed by atoms with van der Waals surface area (Å²) in [5.41, 5.74) is 0.731.